The Morgan fingerprint density at radius 1 is 1.37 bits per heavy atom. The zero-order chi connectivity index (χ0) is 14.0. The lowest BCUT2D eigenvalue weighted by molar-refractivity contribution is 0.0473. The van der Waals surface area contributed by atoms with Crippen molar-refractivity contribution < 1.29 is 9.53 Å². The summed E-state index contributed by atoms with van der Waals surface area (Å²) < 4.78 is 6.89. The van der Waals surface area contributed by atoms with Gasteiger partial charge in [-0.15, -0.1) is 0 Å². The number of aromatic nitrogens is 2. The molecule has 5 heteroatoms. The Kier molecular flexibility index (Phi) is 4.37. The normalized spacial score (nSPS) is 23.6. The average molecular weight is 265 g/mol. The fraction of sp³-hybridized carbons (Fsp3) is 0.714. The molecule has 0 aliphatic heterocycles. The Morgan fingerprint density at radius 3 is 2.47 bits per heavy atom. The van der Waals surface area contributed by atoms with Gasteiger partial charge in [0.1, 0.15) is 0 Å². The first-order chi connectivity index (χ1) is 9.08. The van der Waals surface area contributed by atoms with Gasteiger partial charge in [0, 0.05) is 30.8 Å². The first kappa shape index (κ1) is 14.2. The van der Waals surface area contributed by atoms with E-state index in [-0.39, 0.29) is 11.8 Å². The summed E-state index contributed by atoms with van der Waals surface area (Å²) in [6, 6.07) is 0. The van der Waals surface area contributed by atoms with Gasteiger partial charge in [-0.05, 0) is 39.5 Å². The van der Waals surface area contributed by atoms with Crippen molar-refractivity contribution in [1.82, 2.24) is 9.78 Å². The zero-order valence-electron chi connectivity index (χ0n) is 12.0. The van der Waals surface area contributed by atoms with Crippen molar-refractivity contribution in [3.05, 3.63) is 17.0 Å². The van der Waals surface area contributed by atoms with E-state index in [1.165, 1.54) is 0 Å². The van der Waals surface area contributed by atoms with Crippen LogP contribution in [0, 0.1) is 19.8 Å². The molecule has 19 heavy (non-hydrogen) atoms. The van der Waals surface area contributed by atoms with Gasteiger partial charge in [0.2, 0.25) is 5.91 Å². The number of carbonyl (C=O) groups is 1. The molecule has 5 nitrogen and oxygen atoms in total. The molecular weight excluding hydrogens is 242 g/mol. The smallest absolute Gasteiger partial charge is 0.250 e. The van der Waals surface area contributed by atoms with E-state index in [1.54, 1.807) is 11.8 Å². The number of carbonyl (C=O) groups excluding carboxylic acids is 1. The highest BCUT2D eigenvalue weighted by molar-refractivity contribution is 5.81. The predicted molar refractivity (Wildman–Crippen MR) is 73.0 cm³/mol. The molecular formula is C14H23N3O2. The lowest BCUT2D eigenvalue weighted by atomic mass is 9.87. The molecule has 0 atom stereocenters. The van der Waals surface area contributed by atoms with Crippen molar-refractivity contribution in [2.24, 2.45) is 11.7 Å². The van der Waals surface area contributed by atoms with E-state index in [1.807, 2.05) is 13.8 Å². The number of nitrogens with zero attached hydrogens (tertiary/aromatic N) is 2. The predicted octanol–water partition coefficient (Wildman–Crippen LogP) is 1.80. The molecule has 0 spiro atoms. The highest BCUT2D eigenvalue weighted by Gasteiger charge is 2.29. The lowest BCUT2D eigenvalue weighted by Crippen LogP contribution is -2.30. The summed E-state index contributed by atoms with van der Waals surface area (Å²) in [5.74, 6) is 0.171. The van der Waals surface area contributed by atoms with Crippen LogP contribution in [0.3, 0.4) is 0 Å². The van der Waals surface area contributed by atoms with Gasteiger partial charge in [-0.2, -0.15) is 5.10 Å². The summed E-state index contributed by atoms with van der Waals surface area (Å²) in [6.07, 6.45) is 3.98. The van der Waals surface area contributed by atoms with Crippen molar-refractivity contribution >= 4 is 5.91 Å². The van der Waals surface area contributed by atoms with Crippen LogP contribution >= 0.6 is 0 Å². The van der Waals surface area contributed by atoms with Gasteiger partial charge in [0.25, 0.3) is 0 Å². The number of rotatable bonds is 3. The molecule has 0 bridgehead atoms. The Morgan fingerprint density at radius 2 is 2.00 bits per heavy atom. The van der Waals surface area contributed by atoms with Gasteiger partial charge in [-0.3, -0.25) is 4.79 Å². The number of methoxy groups -OCH3 is 1. The van der Waals surface area contributed by atoms with Crippen LogP contribution in [0.5, 0.6) is 0 Å². The van der Waals surface area contributed by atoms with Gasteiger partial charge in [0.05, 0.1) is 11.8 Å². The number of hydrogen-bond donors (Lipinski definition) is 1. The number of aryl methyl sites for hydroxylation is 1. The SMILES string of the molecule is COC1CCC(C(=O)n2nc(C)c(CN)c2C)CC1. The van der Waals surface area contributed by atoms with E-state index < -0.39 is 0 Å². The average Bonchev–Trinajstić information content (AvgIpc) is 2.72. The Balaban J connectivity index is 2.12. The van der Waals surface area contributed by atoms with Crippen LogP contribution in [0.4, 0.5) is 0 Å². The molecule has 0 aromatic carbocycles. The maximum atomic E-state index is 12.5. The molecule has 1 aromatic heterocycles. The van der Waals surface area contributed by atoms with Crippen molar-refractivity contribution in [3.63, 3.8) is 0 Å². The van der Waals surface area contributed by atoms with Crippen molar-refractivity contribution in [1.29, 1.82) is 0 Å². The van der Waals surface area contributed by atoms with E-state index in [2.05, 4.69) is 5.10 Å². The number of hydrogen-bond acceptors (Lipinski definition) is 4. The maximum absolute atomic E-state index is 12.5. The molecule has 1 aromatic rings. The number of nitrogens with two attached hydrogens (primary N) is 1. The minimum Gasteiger partial charge on any atom is -0.381 e. The standard InChI is InChI=1S/C14H23N3O2/c1-9-13(8-15)10(2)17(16-9)14(18)11-4-6-12(19-3)7-5-11/h11-12H,4-8,15H2,1-3H3. The lowest BCUT2D eigenvalue weighted by Gasteiger charge is -2.26. The van der Waals surface area contributed by atoms with Crippen LogP contribution in [0.25, 0.3) is 0 Å². The van der Waals surface area contributed by atoms with Crippen LogP contribution in [0.1, 0.15) is 47.4 Å². The first-order valence-corrected chi connectivity index (χ1v) is 6.90. The third kappa shape index (κ3) is 2.72. The third-order valence-electron chi connectivity index (χ3n) is 4.21. The zero-order valence-corrected chi connectivity index (χ0v) is 12.0. The molecule has 1 heterocycles. The molecule has 1 aliphatic rings. The summed E-state index contributed by atoms with van der Waals surface area (Å²) in [5.41, 5.74) is 8.43. The van der Waals surface area contributed by atoms with E-state index in [4.69, 9.17) is 10.5 Å². The summed E-state index contributed by atoms with van der Waals surface area (Å²) in [4.78, 5) is 12.5. The molecule has 0 unspecified atom stereocenters. The van der Waals surface area contributed by atoms with Crippen molar-refractivity contribution in [3.8, 4) is 0 Å². The second kappa shape index (κ2) is 5.84. The fourth-order valence-electron chi connectivity index (χ4n) is 2.90. The minimum atomic E-state index is 0.0648. The molecule has 2 rings (SSSR count). The summed E-state index contributed by atoms with van der Waals surface area (Å²) >= 11 is 0. The van der Waals surface area contributed by atoms with Gasteiger partial charge >= 0.3 is 0 Å². The van der Waals surface area contributed by atoms with Gasteiger partial charge in [-0.1, -0.05) is 0 Å². The third-order valence-corrected chi connectivity index (χ3v) is 4.21. The molecule has 1 saturated carbocycles. The van der Waals surface area contributed by atoms with E-state index in [0.29, 0.717) is 12.6 Å². The Hall–Kier alpha value is -1.20. The monoisotopic (exact) mass is 265 g/mol. The Labute approximate surface area is 114 Å². The molecule has 106 valence electrons. The minimum absolute atomic E-state index is 0.0648. The highest BCUT2D eigenvalue weighted by Crippen LogP contribution is 2.27. The van der Waals surface area contributed by atoms with Crippen LogP contribution in [-0.4, -0.2) is 28.9 Å². The maximum Gasteiger partial charge on any atom is 0.250 e. The molecule has 0 radical (unpaired) electrons. The van der Waals surface area contributed by atoms with Crippen LogP contribution in [0.2, 0.25) is 0 Å². The molecule has 1 fully saturated rings. The number of ether oxygens (including phenoxy) is 1. The van der Waals surface area contributed by atoms with Gasteiger partial charge < -0.3 is 10.5 Å². The molecule has 1 aliphatic carbocycles. The van der Waals surface area contributed by atoms with E-state index in [9.17, 15) is 4.79 Å². The summed E-state index contributed by atoms with van der Waals surface area (Å²) in [6.45, 7) is 4.25. The van der Waals surface area contributed by atoms with Crippen molar-refractivity contribution in [2.75, 3.05) is 7.11 Å². The van der Waals surface area contributed by atoms with Gasteiger partial charge in [0.15, 0.2) is 0 Å². The topological polar surface area (TPSA) is 70.1 Å². The van der Waals surface area contributed by atoms with Crippen LogP contribution < -0.4 is 5.73 Å². The molecule has 0 saturated heterocycles. The van der Waals surface area contributed by atoms with Crippen molar-refractivity contribution in [2.45, 2.75) is 52.2 Å². The quantitative estimate of drug-likeness (QED) is 0.904. The molecule has 0 amide bonds. The fourth-order valence-corrected chi connectivity index (χ4v) is 2.90. The summed E-state index contributed by atoms with van der Waals surface area (Å²) in [5, 5.41) is 4.35. The van der Waals surface area contributed by atoms with Crippen LogP contribution in [-0.2, 0) is 11.3 Å². The largest absolute Gasteiger partial charge is 0.381 e. The molecule has 2 N–H and O–H groups in total. The summed E-state index contributed by atoms with van der Waals surface area (Å²) in [7, 11) is 1.74. The van der Waals surface area contributed by atoms with Gasteiger partial charge in [-0.25, -0.2) is 4.68 Å². The van der Waals surface area contributed by atoms with Crippen LogP contribution in [0.15, 0.2) is 0 Å². The second-order valence-corrected chi connectivity index (χ2v) is 5.31. The Bertz CT molecular complexity index is 460. The highest BCUT2D eigenvalue weighted by atomic mass is 16.5. The van der Waals surface area contributed by atoms with E-state index >= 15 is 0 Å². The van der Waals surface area contributed by atoms with E-state index in [0.717, 1.165) is 42.6 Å². The first-order valence-electron chi connectivity index (χ1n) is 6.90. The second-order valence-electron chi connectivity index (χ2n) is 5.31.